The van der Waals surface area contributed by atoms with Crippen LogP contribution in [-0.2, 0) is 0 Å². The van der Waals surface area contributed by atoms with Crippen molar-refractivity contribution >= 4 is 40.8 Å². The monoisotopic (exact) mass is 416 g/mol. The molecule has 2 aromatic carbocycles. The molecular weight excluding hydrogens is 403 g/mol. The summed E-state index contributed by atoms with van der Waals surface area (Å²) in [7, 11) is 1.44. The molecule has 0 unspecified atom stereocenters. The molecule has 0 saturated carbocycles. The number of carbonyl (C=O) groups is 2. The molecule has 142 valence electrons. The van der Waals surface area contributed by atoms with E-state index >= 15 is 0 Å². The fourth-order valence-electron chi connectivity index (χ4n) is 2.35. The number of amides is 1. The number of nitrogens with zero attached hydrogens (tertiary/aromatic N) is 1. The molecule has 3 rings (SSSR count). The number of hydrogen-bond acceptors (Lipinski definition) is 5. The molecule has 1 heterocycles. The number of halogens is 2. The van der Waals surface area contributed by atoms with E-state index in [-0.39, 0.29) is 27.0 Å². The summed E-state index contributed by atoms with van der Waals surface area (Å²) in [5.41, 5.74) is 0.831. The average molecular weight is 417 g/mol. The number of aromatic nitrogens is 1. The molecule has 0 aliphatic carbocycles. The lowest BCUT2D eigenvalue weighted by Crippen LogP contribution is -2.14. The summed E-state index contributed by atoms with van der Waals surface area (Å²) in [6, 6.07) is 12.9. The number of benzene rings is 2. The Bertz CT molecular complexity index is 1010. The second kappa shape index (κ2) is 8.73. The topological polar surface area (TPSA) is 77.5 Å². The molecule has 0 saturated heterocycles. The zero-order valence-corrected chi connectivity index (χ0v) is 16.1. The van der Waals surface area contributed by atoms with E-state index in [1.54, 1.807) is 30.3 Å². The van der Waals surface area contributed by atoms with Crippen LogP contribution in [0.4, 0.5) is 5.69 Å². The summed E-state index contributed by atoms with van der Waals surface area (Å²) in [6.07, 6.45) is 2.73. The van der Waals surface area contributed by atoms with Crippen molar-refractivity contribution in [2.45, 2.75) is 0 Å². The van der Waals surface area contributed by atoms with E-state index in [0.29, 0.717) is 11.3 Å². The summed E-state index contributed by atoms with van der Waals surface area (Å²) in [5, 5.41) is 3.02. The molecule has 0 aliphatic heterocycles. The summed E-state index contributed by atoms with van der Waals surface area (Å²) < 4.78 is 10.6. The first-order chi connectivity index (χ1) is 13.5. The van der Waals surface area contributed by atoms with Crippen LogP contribution >= 0.6 is 23.2 Å². The van der Waals surface area contributed by atoms with Crippen molar-refractivity contribution in [1.29, 1.82) is 0 Å². The minimum Gasteiger partial charge on any atom is -0.493 e. The largest absolute Gasteiger partial charge is 0.493 e. The van der Waals surface area contributed by atoms with Crippen LogP contribution in [-0.4, -0.2) is 24.0 Å². The van der Waals surface area contributed by atoms with Crippen molar-refractivity contribution in [3.8, 4) is 11.5 Å². The molecule has 1 N–H and O–H groups in total. The number of rotatable bonds is 5. The maximum atomic E-state index is 12.6. The van der Waals surface area contributed by atoms with E-state index in [1.807, 2.05) is 0 Å². The number of ether oxygens (including phenoxy) is 2. The highest BCUT2D eigenvalue weighted by atomic mass is 35.5. The molecule has 0 radical (unpaired) electrons. The Hall–Kier alpha value is -3.09. The first-order valence-electron chi connectivity index (χ1n) is 8.05. The third kappa shape index (κ3) is 4.42. The summed E-state index contributed by atoms with van der Waals surface area (Å²) >= 11 is 12.1. The molecule has 0 spiro atoms. The smallest absolute Gasteiger partial charge is 0.343 e. The van der Waals surface area contributed by atoms with Crippen molar-refractivity contribution in [1.82, 2.24) is 4.98 Å². The van der Waals surface area contributed by atoms with Crippen molar-refractivity contribution in [3.05, 3.63) is 82.1 Å². The van der Waals surface area contributed by atoms with Gasteiger partial charge in [-0.25, -0.2) is 4.79 Å². The van der Waals surface area contributed by atoms with Gasteiger partial charge in [0.2, 0.25) is 0 Å². The predicted octanol–water partition coefficient (Wildman–Crippen LogP) is 4.87. The minimum absolute atomic E-state index is 0.107. The van der Waals surface area contributed by atoms with Gasteiger partial charge in [0.15, 0.2) is 11.5 Å². The van der Waals surface area contributed by atoms with Crippen molar-refractivity contribution < 1.29 is 19.1 Å². The first-order valence-corrected chi connectivity index (χ1v) is 8.81. The zero-order valence-electron chi connectivity index (χ0n) is 14.6. The Labute approximate surface area is 171 Å². The standard InChI is InChI=1S/C20H14Cl2N2O4/c1-27-16-8-7-13(19(25)24-18-14(21)10-23-11-15(18)22)9-17(16)28-20(26)12-5-3-2-4-6-12/h2-11H,1H3,(H,23,24,25). The van der Waals surface area contributed by atoms with Gasteiger partial charge in [-0.05, 0) is 30.3 Å². The number of methoxy groups -OCH3 is 1. The van der Waals surface area contributed by atoms with E-state index < -0.39 is 11.9 Å². The van der Waals surface area contributed by atoms with Crippen LogP contribution in [0.15, 0.2) is 60.9 Å². The highest BCUT2D eigenvalue weighted by Gasteiger charge is 2.17. The zero-order chi connectivity index (χ0) is 20.1. The molecule has 1 aromatic heterocycles. The van der Waals surface area contributed by atoms with Crippen LogP contribution in [0.3, 0.4) is 0 Å². The minimum atomic E-state index is -0.573. The molecule has 28 heavy (non-hydrogen) atoms. The van der Waals surface area contributed by atoms with Gasteiger partial charge in [0.25, 0.3) is 5.91 Å². The third-order valence-electron chi connectivity index (χ3n) is 3.73. The fraction of sp³-hybridized carbons (Fsp3) is 0.0500. The molecule has 8 heteroatoms. The SMILES string of the molecule is COc1ccc(C(=O)Nc2c(Cl)cncc2Cl)cc1OC(=O)c1ccccc1. The van der Waals surface area contributed by atoms with Gasteiger partial charge in [0.1, 0.15) is 0 Å². The summed E-state index contributed by atoms with van der Waals surface area (Å²) in [5.74, 6) is -0.650. The first kappa shape index (κ1) is 19.7. The lowest BCUT2D eigenvalue weighted by Gasteiger charge is -2.12. The van der Waals surface area contributed by atoms with Gasteiger partial charge in [-0.2, -0.15) is 0 Å². The number of carbonyl (C=O) groups excluding carboxylic acids is 2. The van der Waals surface area contributed by atoms with Crippen molar-refractivity contribution in [2.75, 3.05) is 12.4 Å². The molecule has 0 bridgehead atoms. The van der Waals surface area contributed by atoms with E-state index in [1.165, 1.54) is 37.7 Å². The average Bonchev–Trinajstić information content (AvgIpc) is 2.71. The van der Waals surface area contributed by atoms with Gasteiger partial charge >= 0.3 is 5.97 Å². The summed E-state index contributed by atoms with van der Waals surface area (Å²) in [4.78, 5) is 28.8. The fourth-order valence-corrected chi connectivity index (χ4v) is 2.81. The van der Waals surface area contributed by atoms with E-state index in [4.69, 9.17) is 32.7 Å². The van der Waals surface area contributed by atoms with Crippen LogP contribution in [0.25, 0.3) is 0 Å². The maximum Gasteiger partial charge on any atom is 0.343 e. The number of anilines is 1. The van der Waals surface area contributed by atoms with Gasteiger partial charge in [-0.15, -0.1) is 0 Å². The lowest BCUT2D eigenvalue weighted by atomic mass is 10.1. The molecule has 6 nitrogen and oxygen atoms in total. The Morgan fingerprint density at radius 2 is 1.61 bits per heavy atom. The van der Waals surface area contributed by atoms with Gasteiger partial charge in [-0.1, -0.05) is 41.4 Å². The second-order valence-electron chi connectivity index (χ2n) is 5.55. The van der Waals surface area contributed by atoms with Crippen LogP contribution in [0.1, 0.15) is 20.7 Å². The Morgan fingerprint density at radius 1 is 0.929 bits per heavy atom. The maximum absolute atomic E-state index is 12.6. The quantitative estimate of drug-likeness (QED) is 0.474. The molecule has 0 aliphatic rings. The van der Waals surface area contributed by atoms with Gasteiger partial charge < -0.3 is 14.8 Å². The van der Waals surface area contributed by atoms with Crippen LogP contribution in [0.2, 0.25) is 10.0 Å². The Morgan fingerprint density at radius 3 is 2.25 bits per heavy atom. The third-order valence-corrected chi connectivity index (χ3v) is 4.30. The van der Waals surface area contributed by atoms with E-state index in [9.17, 15) is 9.59 Å². The molecular formula is C20H14Cl2N2O4. The summed E-state index contributed by atoms with van der Waals surface area (Å²) in [6.45, 7) is 0. The van der Waals surface area contributed by atoms with Gasteiger partial charge in [0.05, 0.1) is 28.4 Å². The Kier molecular flexibility index (Phi) is 6.13. The van der Waals surface area contributed by atoms with Crippen LogP contribution < -0.4 is 14.8 Å². The van der Waals surface area contributed by atoms with Crippen LogP contribution in [0, 0.1) is 0 Å². The predicted molar refractivity (Wildman–Crippen MR) is 107 cm³/mol. The number of hydrogen-bond donors (Lipinski definition) is 1. The van der Waals surface area contributed by atoms with Gasteiger partial charge in [0, 0.05) is 18.0 Å². The van der Waals surface area contributed by atoms with Crippen LogP contribution in [0.5, 0.6) is 11.5 Å². The lowest BCUT2D eigenvalue weighted by molar-refractivity contribution is 0.0728. The number of pyridine rings is 1. The van der Waals surface area contributed by atoms with E-state index in [2.05, 4.69) is 10.3 Å². The molecule has 1 amide bonds. The highest BCUT2D eigenvalue weighted by Crippen LogP contribution is 2.31. The molecule has 3 aromatic rings. The normalized spacial score (nSPS) is 10.2. The van der Waals surface area contributed by atoms with Crippen molar-refractivity contribution in [3.63, 3.8) is 0 Å². The number of nitrogens with one attached hydrogen (secondary N) is 1. The van der Waals surface area contributed by atoms with E-state index in [0.717, 1.165) is 0 Å². The second-order valence-corrected chi connectivity index (χ2v) is 6.37. The van der Waals surface area contributed by atoms with Gasteiger partial charge in [-0.3, -0.25) is 9.78 Å². The van der Waals surface area contributed by atoms with Crippen molar-refractivity contribution in [2.24, 2.45) is 0 Å². The Balaban J connectivity index is 1.86. The highest BCUT2D eigenvalue weighted by molar-refractivity contribution is 6.39. The number of esters is 1. The molecule has 0 fully saturated rings. The molecule has 0 atom stereocenters.